The lowest BCUT2D eigenvalue weighted by Crippen LogP contribution is -2.54. The molecule has 3 heterocycles. The third kappa shape index (κ3) is 5.55. The minimum Gasteiger partial charge on any atom is -0.361 e. The zero-order valence-electron chi connectivity index (χ0n) is 20.9. The van der Waals surface area contributed by atoms with E-state index in [0.717, 1.165) is 5.56 Å². The first-order valence-corrected chi connectivity index (χ1v) is 13.3. The Hall–Kier alpha value is -2.82. The molecule has 1 aromatic carbocycles. The molecule has 1 unspecified atom stereocenters. The van der Waals surface area contributed by atoms with Crippen LogP contribution in [0, 0.1) is 19.3 Å². The average Bonchev–Trinajstić information content (AvgIpc) is 3.14. The van der Waals surface area contributed by atoms with Gasteiger partial charge < -0.3 is 14.7 Å². The Balaban J connectivity index is 1.78. The van der Waals surface area contributed by atoms with Gasteiger partial charge in [0.25, 0.3) is 0 Å². The van der Waals surface area contributed by atoms with Crippen molar-refractivity contribution in [3.05, 3.63) is 41.9 Å². The number of aryl methyl sites for hydroxylation is 2. The average molecular weight is 500 g/mol. The zero-order chi connectivity index (χ0) is 25.4. The van der Waals surface area contributed by atoms with Crippen LogP contribution < -0.4 is 10.0 Å². The molecule has 0 radical (unpaired) electrons. The van der Waals surface area contributed by atoms with E-state index in [2.05, 4.69) is 20.2 Å². The van der Waals surface area contributed by atoms with Crippen LogP contribution in [0.2, 0.25) is 0 Å². The van der Waals surface area contributed by atoms with E-state index in [-0.39, 0.29) is 16.2 Å². The Morgan fingerprint density at radius 1 is 1.23 bits per heavy atom. The Kier molecular flexibility index (Phi) is 6.99. The SMILES string of the molecule is Cc1noc(C)c1-c1cc(S(=O)(=O)NC(CC(C)(C)C)C(=O)N2CCNCC2)c2cccnc2c1. The number of carbonyl (C=O) groups excluding carboxylic acids is 1. The molecule has 1 fully saturated rings. The van der Waals surface area contributed by atoms with E-state index < -0.39 is 16.1 Å². The number of amides is 1. The fourth-order valence-electron chi connectivity index (χ4n) is 4.56. The molecule has 0 bridgehead atoms. The Bertz CT molecular complexity index is 1320. The highest BCUT2D eigenvalue weighted by molar-refractivity contribution is 7.89. The molecule has 35 heavy (non-hydrogen) atoms. The molecule has 0 saturated carbocycles. The maximum Gasteiger partial charge on any atom is 0.241 e. The summed E-state index contributed by atoms with van der Waals surface area (Å²) in [4.78, 5) is 19.6. The number of rotatable bonds is 6. The van der Waals surface area contributed by atoms with Gasteiger partial charge in [-0.3, -0.25) is 9.78 Å². The number of benzene rings is 1. The summed E-state index contributed by atoms with van der Waals surface area (Å²) in [5.74, 6) is 0.392. The van der Waals surface area contributed by atoms with E-state index in [0.29, 0.717) is 60.5 Å². The lowest BCUT2D eigenvalue weighted by molar-refractivity contribution is -0.134. The van der Waals surface area contributed by atoms with Gasteiger partial charge in [-0.1, -0.05) is 25.9 Å². The van der Waals surface area contributed by atoms with Crippen LogP contribution in [-0.2, 0) is 14.8 Å². The smallest absolute Gasteiger partial charge is 0.241 e. The number of sulfonamides is 1. The topological polar surface area (TPSA) is 117 Å². The first-order valence-electron chi connectivity index (χ1n) is 11.8. The second kappa shape index (κ2) is 9.67. The minimum absolute atomic E-state index is 0.0742. The van der Waals surface area contributed by atoms with Gasteiger partial charge >= 0.3 is 0 Å². The van der Waals surface area contributed by atoms with Gasteiger partial charge in [-0.25, -0.2) is 8.42 Å². The van der Waals surface area contributed by atoms with Crippen molar-refractivity contribution in [2.45, 2.75) is 52.0 Å². The molecule has 1 aliphatic heterocycles. The van der Waals surface area contributed by atoms with Crippen LogP contribution in [0.15, 0.2) is 39.9 Å². The van der Waals surface area contributed by atoms with Gasteiger partial charge in [0.15, 0.2) is 0 Å². The maximum atomic E-state index is 13.9. The molecular weight excluding hydrogens is 466 g/mol. The van der Waals surface area contributed by atoms with Crippen LogP contribution in [0.5, 0.6) is 0 Å². The van der Waals surface area contributed by atoms with Crippen LogP contribution in [0.1, 0.15) is 38.6 Å². The third-order valence-electron chi connectivity index (χ3n) is 6.14. The van der Waals surface area contributed by atoms with Crippen LogP contribution in [0.4, 0.5) is 0 Å². The number of nitrogens with one attached hydrogen (secondary N) is 2. The Morgan fingerprint density at radius 2 is 1.94 bits per heavy atom. The highest BCUT2D eigenvalue weighted by Crippen LogP contribution is 2.33. The molecule has 188 valence electrons. The third-order valence-corrected chi connectivity index (χ3v) is 7.65. The fourth-order valence-corrected chi connectivity index (χ4v) is 5.99. The number of piperazine rings is 1. The van der Waals surface area contributed by atoms with E-state index in [1.165, 1.54) is 0 Å². The summed E-state index contributed by atoms with van der Waals surface area (Å²) in [5.41, 5.74) is 2.31. The number of fused-ring (bicyclic) bond motifs is 1. The molecule has 1 amide bonds. The quantitative estimate of drug-likeness (QED) is 0.535. The minimum atomic E-state index is -4.09. The molecule has 1 saturated heterocycles. The number of aromatic nitrogens is 2. The van der Waals surface area contributed by atoms with E-state index in [9.17, 15) is 13.2 Å². The van der Waals surface area contributed by atoms with Gasteiger partial charge in [-0.2, -0.15) is 4.72 Å². The highest BCUT2D eigenvalue weighted by Gasteiger charge is 2.34. The second-order valence-electron chi connectivity index (χ2n) is 10.3. The summed E-state index contributed by atoms with van der Waals surface area (Å²) < 4.78 is 35.8. The number of nitrogens with zero attached hydrogens (tertiary/aromatic N) is 3. The van der Waals surface area contributed by atoms with Crippen molar-refractivity contribution >= 4 is 26.8 Å². The van der Waals surface area contributed by atoms with Crippen molar-refractivity contribution in [1.82, 2.24) is 25.1 Å². The highest BCUT2D eigenvalue weighted by atomic mass is 32.2. The van der Waals surface area contributed by atoms with Gasteiger partial charge in [0.05, 0.1) is 16.1 Å². The molecule has 4 rings (SSSR count). The molecule has 3 aromatic rings. The Labute approximate surface area is 206 Å². The molecular formula is C25H33N5O4S. The first kappa shape index (κ1) is 25.3. The van der Waals surface area contributed by atoms with Crippen molar-refractivity contribution in [1.29, 1.82) is 0 Å². The number of pyridine rings is 1. The van der Waals surface area contributed by atoms with Crippen LogP contribution >= 0.6 is 0 Å². The Morgan fingerprint density at radius 3 is 2.57 bits per heavy atom. The maximum absolute atomic E-state index is 13.9. The van der Waals surface area contributed by atoms with Crippen molar-refractivity contribution in [3.8, 4) is 11.1 Å². The molecule has 1 atom stereocenters. The van der Waals surface area contributed by atoms with Crippen molar-refractivity contribution < 1.29 is 17.7 Å². The van der Waals surface area contributed by atoms with E-state index >= 15 is 0 Å². The van der Waals surface area contributed by atoms with Crippen molar-refractivity contribution in [2.24, 2.45) is 5.41 Å². The lowest BCUT2D eigenvalue weighted by atomic mass is 9.88. The summed E-state index contributed by atoms with van der Waals surface area (Å²) in [5, 5.41) is 7.73. The molecule has 9 nitrogen and oxygen atoms in total. The molecule has 2 N–H and O–H groups in total. The number of hydrogen-bond acceptors (Lipinski definition) is 7. The normalized spacial score (nSPS) is 16.0. The summed E-state index contributed by atoms with van der Waals surface area (Å²) >= 11 is 0. The van der Waals surface area contributed by atoms with Gasteiger partial charge in [-0.15, -0.1) is 0 Å². The molecule has 10 heteroatoms. The summed E-state index contributed by atoms with van der Waals surface area (Å²) in [6.45, 7) is 12.1. The zero-order valence-corrected chi connectivity index (χ0v) is 21.7. The largest absolute Gasteiger partial charge is 0.361 e. The predicted octanol–water partition coefficient (Wildman–Crippen LogP) is 3.02. The number of carbonyl (C=O) groups is 1. The lowest BCUT2D eigenvalue weighted by Gasteiger charge is -2.33. The van der Waals surface area contributed by atoms with Crippen molar-refractivity contribution in [3.63, 3.8) is 0 Å². The van der Waals surface area contributed by atoms with Crippen molar-refractivity contribution in [2.75, 3.05) is 26.2 Å². The molecule has 0 aliphatic carbocycles. The van der Waals surface area contributed by atoms with E-state index in [1.807, 2.05) is 33.8 Å². The van der Waals surface area contributed by atoms with Crippen LogP contribution in [0.3, 0.4) is 0 Å². The standard InChI is InChI=1S/C25H33N5O4S/c1-16-23(17(2)34-28-16)18-13-20-19(7-6-8-27-20)22(14-18)35(32,33)29-21(15-25(3,4)5)24(31)30-11-9-26-10-12-30/h6-8,13-14,21,26,29H,9-12,15H2,1-5H3. The van der Waals surface area contributed by atoms with E-state index in [1.54, 1.807) is 36.2 Å². The number of hydrogen-bond donors (Lipinski definition) is 2. The van der Waals surface area contributed by atoms with E-state index in [4.69, 9.17) is 4.52 Å². The van der Waals surface area contributed by atoms with Gasteiger partial charge in [0.1, 0.15) is 11.8 Å². The summed E-state index contributed by atoms with van der Waals surface area (Å²) in [6.07, 6.45) is 1.99. The van der Waals surface area contributed by atoms with Gasteiger partial charge in [0.2, 0.25) is 15.9 Å². The molecule has 2 aromatic heterocycles. The van der Waals surface area contributed by atoms with Crippen LogP contribution in [0.25, 0.3) is 22.0 Å². The summed E-state index contributed by atoms with van der Waals surface area (Å²) in [7, 11) is -4.09. The van der Waals surface area contributed by atoms with Gasteiger partial charge in [-0.05, 0) is 55.5 Å². The fraction of sp³-hybridized carbons (Fsp3) is 0.480. The monoisotopic (exact) mass is 499 g/mol. The predicted molar refractivity (Wildman–Crippen MR) is 134 cm³/mol. The molecule has 1 aliphatic rings. The van der Waals surface area contributed by atoms with Crippen LogP contribution in [-0.4, -0.2) is 61.6 Å². The molecule has 0 spiro atoms. The summed E-state index contributed by atoms with van der Waals surface area (Å²) in [6, 6.07) is 6.00. The second-order valence-corrected chi connectivity index (χ2v) is 11.9. The van der Waals surface area contributed by atoms with Gasteiger partial charge in [0, 0.05) is 43.3 Å². The first-order chi connectivity index (χ1) is 16.5.